The van der Waals surface area contributed by atoms with Crippen LogP contribution in [0.3, 0.4) is 0 Å². The van der Waals surface area contributed by atoms with Gasteiger partial charge in [0, 0.05) is 22.8 Å². The third kappa shape index (κ3) is 4.43. The van der Waals surface area contributed by atoms with Crippen LogP contribution in [0.4, 0.5) is 15.9 Å². The van der Waals surface area contributed by atoms with Crippen molar-refractivity contribution in [2.24, 2.45) is 5.73 Å². The molecule has 0 spiro atoms. The second-order valence-corrected chi connectivity index (χ2v) is 7.51. The van der Waals surface area contributed by atoms with Crippen LogP contribution in [-0.2, 0) is 4.79 Å². The van der Waals surface area contributed by atoms with Gasteiger partial charge in [-0.3, -0.25) is 9.59 Å². The minimum atomic E-state index is -0.903. The maximum atomic E-state index is 14.9. The lowest BCUT2D eigenvalue weighted by atomic mass is 9.99. The molecular weight excluding hydrogens is 419 g/mol. The highest BCUT2D eigenvalue weighted by Gasteiger charge is 2.15. The van der Waals surface area contributed by atoms with Crippen molar-refractivity contribution in [2.75, 3.05) is 11.1 Å². The predicted molar refractivity (Wildman–Crippen MR) is 129 cm³/mol. The lowest BCUT2D eigenvalue weighted by Gasteiger charge is -2.10. The van der Waals surface area contributed by atoms with E-state index in [2.05, 4.69) is 10.3 Å². The Morgan fingerprint density at radius 2 is 1.70 bits per heavy atom. The molecule has 0 saturated heterocycles. The molecular formula is C26H21FN4O2. The average molecular weight is 440 g/mol. The number of nitrogen functional groups attached to an aromatic ring is 1. The monoisotopic (exact) mass is 440 g/mol. The molecule has 0 fully saturated rings. The fourth-order valence-electron chi connectivity index (χ4n) is 3.59. The molecule has 2 amide bonds. The van der Waals surface area contributed by atoms with Gasteiger partial charge in [0.1, 0.15) is 5.82 Å². The van der Waals surface area contributed by atoms with Crippen molar-refractivity contribution in [1.29, 1.82) is 0 Å². The minimum absolute atomic E-state index is 0.185. The van der Waals surface area contributed by atoms with Gasteiger partial charge in [-0.1, -0.05) is 42.5 Å². The maximum Gasteiger partial charge on any atom is 0.284 e. The van der Waals surface area contributed by atoms with Gasteiger partial charge in [0.05, 0.1) is 0 Å². The first-order valence-electron chi connectivity index (χ1n) is 10.2. The molecule has 6 nitrogen and oxygen atoms in total. The number of hydrogen-bond acceptors (Lipinski definition) is 4. The van der Waals surface area contributed by atoms with E-state index >= 15 is 0 Å². The van der Waals surface area contributed by atoms with E-state index in [1.807, 2.05) is 6.07 Å². The molecule has 4 rings (SSSR count). The highest BCUT2D eigenvalue weighted by molar-refractivity contribution is 6.07. The number of primary amides is 1. The number of anilines is 2. The van der Waals surface area contributed by atoms with Gasteiger partial charge in [-0.25, -0.2) is 9.37 Å². The zero-order chi connectivity index (χ0) is 23.5. The van der Waals surface area contributed by atoms with E-state index in [0.717, 1.165) is 10.9 Å². The van der Waals surface area contributed by atoms with Crippen molar-refractivity contribution < 1.29 is 14.0 Å². The normalized spacial score (nSPS) is 11.7. The number of aromatic nitrogens is 1. The molecule has 3 aromatic carbocycles. The second kappa shape index (κ2) is 8.92. The third-order valence-electron chi connectivity index (χ3n) is 5.40. The minimum Gasteiger partial charge on any atom is -0.383 e. The Bertz CT molecular complexity index is 1410. The molecule has 0 bridgehead atoms. The number of rotatable bonds is 5. The van der Waals surface area contributed by atoms with Crippen molar-refractivity contribution in [1.82, 2.24) is 4.98 Å². The largest absolute Gasteiger partial charge is 0.383 e. The van der Waals surface area contributed by atoms with Crippen LogP contribution < -0.4 is 16.8 Å². The summed E-state index contributed by atoms with van der Waals surface area (Å²) in [4.78, 5) is 28.2. The summed E-state index contributed by atoms with van der Waals surface area (Å²) in [5.41, 5.74) is 14.3. The number of amides is 2. The first-order chi connectivity index (χ1) is 15.8. The van der Waals surface area contributed by atoms with Crippen LogP contribution in [0.2, 0.25) is 0 Å². The fourth-order valence-corrected chi connectivity index (χ4v) is 3.59. The molecule has 1 aromatic heterocycles. The van der Waals surface area contributed by atoms with Gasteiger partial charge in [-0.15, -0.1) is 0 Å². The summed E-state index contributed by atoms with van der Waals surface area (Å²) >= 11 is 0. The van der Waals surface area contributed by atoms with Gasteiger partial charge in [-0.05, 0) is 64.9 Å². The van der Waals surface area contributed by atoms with Gasteiger partial charge in [0.2, 0.25) is 5.91 Å². The summed E-state index contributed by atoms with van der Waals surface area (Å²) in [6.07, 6.45) is 1.60. The van der Waals surface area contributed by atoms with Gasteiger partial charge in [0.25, 0.3) is 5.91 Å². The van der Waals surface area contributed by atoms with Gasteiger partial charge in [0.15, 0.2) is 5.83 Å². The van der Waals surface area contributed by atoms with Crippen molar-refractivity contribution >= 4 is 39.7 Å². The molecule has 0 unspecified atom stereocenters. The van der Waals surface area contributed by atoms with Gasteiger partial charge < -0.3 is 16.8 Å². The molecule has 1 heterocycles. The van der Waals surface area contributed by atoms with Crippen molar-refractivity contribution in [3.05, 3.63) is 95.9 Å². The van der Waals surface area contributed by atoms with E-state index in [0.29, 0.717) is 33.6 Å². The van der Waals surface area contributed by atoms with Crippen LogP contribution in [0.15, 0.2) is 84.8 Å². The molecule has 0 aliphatic heterocycles. The van der Waals surface area contributed by atoms with E-state index in [4.69, 9.17) is 11.5 Å². The number of carbonyl (C=O) groups is 2. The average Bonchev–Trinajstić information content (AvgIpc) is 2.83. The van der Waals surface area contributed by atoms with E-state index < -0.39 is 17.6 Å². The van der Waals surface area contributed by atoms with E-state index in [-0.39, 0.29) is 5.57 Å². The van der Waals surface area contributed by atoms with Crippen LogP contribution in [0.5, 0.6) is 0 Å². The number of nitrogens with one attached hydrogen (secondary N) is 1. The number of fused-ring (bicyclic) bond motifs is 1. The summed E-state index contributed by atoms with van der Waals surface area (Å²) in [6.45, 7) is 1.53. The molecule has 0 aliphatic carbocycles. The predicted octanol–water partition coefficient (Wildman–Crippen LogP) is 4.92. The zero-order valence-corrected chi connectivity index (χ0v) is 17.8. The highest BCUT2D eigenvalue weighted by Crippen LogP contribution is 2.28. The Kier molecular flexibility index (Phi) is 5.87. The third-order valence-corrected chi connectivity index (χ3v) is 5.40. The van der Waals surface area contributed by atoms with Crippen molar-refractivity contribution in [3.63, 3.8) is 0 Å². The van der Waals surface area contributed by atoms with Crippen LogP contribution >= 0.6 is 0 Å². The van der Waals surface area contributed by atoms with Crippen LogP contribution in [0.1, 0.15) is 22.8 Å². The molecule has 4 aromatic rings. The fraction of sp³-hybridized carbons (Fsp3) is 0.0385. The lowest BCUT2D eigenvalue weighted by Crippen LogP contribution is -2.13. The number of allylic oxidation sites excluding steroid dienone is 1. The highest BCUT2D eigenvalue weighted by atomic mass is 19.1. The molecule has 0 atom stereocenters. The number of nitrogens with zero attached hydrogens (tertiary/aromatic N) is 1. The number of carbonyl (C=O) groups excluding carboxylic acids is 2. The number of halogens is 1. The smallest absolute Gasteiger partial charge is 0.284 e. The summed E-state index contributed by atoms with van der Waals surface area (Å²) in [5, 5.41) is 4.12. The summed E-state index contributed by atoms with van der Waals surface area (Å²) in [6, 6.07) is 20.7. The molecule has 0 aliphatic rings. The molecule has 7 heteroatoms. The van der Waals surface area contributed by atoms with E-state index in [9.17, 15) is 14.0 Å². The topological polar surface area (TPSA) is 111 Å². The Hall–Kier alpha value is -4.52. The number of pyridine rings is 1. The summed E-state index contributed by atoms with van der Waals surface area (Å²) in [5.74, 6) is -1.96. The van der Waals surface area contributed by atoms with E-state index in [1.54, 1.807) is 72.9 Å². The van der Waals surface area contributed by atoms with Gasteiger partial charge >= 0.3 is 0 Å². The molecule has 164 valence electrons. The maximum absolute atomic E-state index is 14.9. The Morgan fingerprint density at radius 3 is 2.42 bits per heavy atom. The molecule has 0 radical (unpaired) electrons. The Labute approximate surface area is 189 Å². The number of benzene rings is 3. The van der Waals surface area contributed by atoms with Gasteiger partial charge in [-0.2, -0.15) is 0 Å². The Balaban J connectivity index is 1.56. The molecule has 33 heavy (non-hydrogen) atoms. The second-order valence-electron chi connectivity index (χ2n) is 7.51. The summed E-state index contributed by atoms with van der Waals surface area (Å²) in [7, 11) is 0. The quantitative estimate of drug-likeness (QED) is 0.382. The van der Waals surface area contributed by atoms with E-state index in [1.165, 1.54) is 6.92 Å². The van der Waals surface area contributed by atoms with Crippen molar-refractivity contribution in [3.8, 4) is 11.1 Å². The summed E-state index contributed by atoms with van der Waals surface area (Å²) < 4.78 is 14.9. The Morgan fingerprint density at radius 1 is 0.970 bits per heavy atom. The first kappa shape index (κ1) is 21.7. The standard InChI is InChI=1S/C26H21FN4O2/c1-15(18-7-6-17-12-13-30-24(28)22(17)14-18)23(27)26(33)31-19-10-8-16(9-11-19)20-4-2-3-5-21(20)25(29)32/h2-14H,1H3,(H2,28,30)(H2,29,32)(H,31,33). The zero-order valence-electron chi connectivity index (χ0n) is 17.8. The van der Waals surface area contributed by atoms with Crippen LogP contribution in [0, 0.1) is 0 Å². The van der Waals surface area contributed by atoms with Crippen LogP contribution in [0.25, 0.3) is 27.5 Å². The first-order valence-corrected chi connectivity index (χ1v) is 10.2. The lowest BCUT2D eigenvalue weighted by molar-refractivity contribution is -0.114. The van der Waals surface area contributed by atoms with Crippen LogP contribution in [-0.4, -0.2) is 16.8 Å². The SMILES string of the molecule is CC(=C(F)C(=O)Nc1ccc(-c2ccccc2C(N)=O)cc1)c1ccc2ccnc(N)c2c1. The number of nitrogens with two attached hydrogens (primary N) is 2. The molecule has 5 N–H and O–H groups in total. The molecule has 0 saturated carbocycles. The van der Waals surface area contributed by atoms with Crippen molar-refractivity contribution in [2.45, 2.75) is 6.92 Å². The number of hydrogen-bond donors (Lipinski definition) is 3.